The lowest BCUT2D eigenvalue weighted by Crippen LogP contribution is -2.01. The smallest absolute Gasteiger partial charge is 0.207 e. The molecular weight excluding hydrogens is 200 g/mol. The molecule has 0 unspecified atom stereocenters. The zero-order chi connectivity index (χ0) is 10.6. The van der Waals surface area contributed by atoms with Crippen molar-refractivity contribution in [2.75, 3.05) is 7.11 Å². The summed E-state index contributed by atoms with van der Waals surface area (Å²) in [5.74, 6) is 0.215. The second-order valence-corrected chi connectivity index (χ2v) is 3.15. The molecule has 0 aliphatic rings. The summed E-state index contributed by atoms with van der Waals surface area (Å²) in [5.41, 5.74) is 0.564. The molecule has 1 rings (SSSR count). The Bertz CT molecular complexity index is 355. The highest BCUT2D eigenvalue weighted by Crippen LogP contribution is 2.16. The molecule has 14 heavy (non-hydrogen) atoms. The van der Waals surface area contributed by atoms with Crippen LogP contribution in [0.1, 0.15) is 17.3 Å². The summed E-state index contributed by atoms with van der Waals surface area (Å²) in [6.45, 7) is 1.66. The Hall–Kier alpha value is -1.28. The lowest BCUT2D eigenvalue weighted by atomic mass is 10.1. The monoisotopic (exact) mass is 210 g/mol. The number of hydrogen-bond acceptors (Lipinski definition) is 2. The molecule has 0 heterocycles. The van der Waals surface area contributed by atoms with Gasteiger partial charge in [0.25, 0.3) is 0 Å². The first kappa shape index (κ1) is 10.8. The average molecular weight is 211 g/mol. The minimum Gasteiger partial charge on any atom is -0.500 e. The average Bonchev–Trinajstić information content (AvgIpc) is 2.27. The van der Waals surface area contributed by atoms with Gasteiger partial charge in [0.15, 0.2) is 0 Å². The maximum Gasteiger partial charge on any atom is 0.207 e. The Labute approximate surface area is 88.1 Å². The number of benzene rings is 1. The van der Waals surface area contributed by atoms with Crippen molar-refractivity contribution < 1.29 is 9.53 Å². The minimum atomic E-state index is -0.216. The number of hydrogen-bond donors (Lipinski definition) is 0. The number of carbonyl (C=O) groups is 1. The van der Waals surface area contributed by atoms with Gasteiger partial charge in [-0.1, -0.05) is 41.9 Å². The lowest BCUT2D eigenvalue weighted by molar-refractivity contribution is 0.103. The van der Waals surface area contributed by atoms with Gasteiger partial charge in [0.1, 0.15) is 10.8 Å². The Morgan fingerprint density at radius 1 is 1.29 bits per heavy atom. The number of carbonyl (C=O) groups excluding carboxylic acids is 1. The first-order valence-electron chi connectivity index (χ1n) is 4.17. The van der Waals surface area contributed by atoms with Crippen LogP contribution in [0.5, 0.6) is 0 Å². The Balaban J connectivity index is 2.98. The van der Waals surface area contributed by atoms with Crippen LogP contribution in [-0.2, 0) is 4.74 Å². The van der Waals surface area contributed by atoms with Crippen LogP contribution in [0.15, 0.2) is 41.1 Å². The number of rotatable bonds is 3. The Kier molecular flexibility index (Phi) is 3.72. The molecule has 0 bridgehead atoms. The third kappa shape index (κ3) is 2.36. The number of methoxy groups -OCH3 is 1. The van der Waals surface area contributed by atoms with Gasteiger partial charge in [-0.15, -0.1) is 0 Å². The number of Topliss-reactive ketones (excluding diaryl/α,β-unsaturated/α-hetero) is 1. The molecule has 0 atom stereocenters. The molecule has 0 saturated heterocycles. The molecule has 0 aromatic heterocycles. The first-order chi connectivity index (χ1) is 6.66. The zero-order valence-corrected chi connectivity index (χ0v) is 8.84. The van der Waals surface area contributed by atoms with E-state index in [1.54, 1.807) is 31.2 Å². The molecule has 0 amide bonds. The van der Waals surface area contributed by atoms with E-state index in [0.717, 1.165) is 0 Å². The van der Waals surface area contributed by atoms with E-state index in [0.29, 0.717) is 11.3 Å². The summed E-state index contributed by atoms with van der Waals surface area (Å²) in [5, 5.41) is 0.124. The van der Waals surface area contributed by atoms with Crippen LogP contribution in [0.25, 0.3) is 0 Å². The highest BCUT2D eigenvalue weighted by Gasteiger charge is 2.12. The maximum atomic E-state index is 11.7. The minimum absolute atomic E-state index is 0.124. The summed E-state index contributed by atoms with van der Waals surface area (Å²) in [7, 11) is 1.48. The van der Waals surface area contributed by atoms with Crippen molar-refractivity contribution in [3.05, 3.63) is 46.7 Å². The Morgan fingerprint density at radius 2 is 1.86 bits per heavy atom. The lowest BCUT2D eigenvalue weighted by Gasteiger charge is -2.03. The molecule has 0 spiro atoms. The van der Waals surface area contributed by atoms with Crippen molar-refractivity contribution in [1.82, 2.24) is 0 Å². The van der Waals surface area contributed by atoms with E-state index < -0.39 is 0 Å². The number of halogens is 1. The second kappa shape index (κ2) is 4.82. The summed E-state index contributed by atoms with van der Waals surface area (Å²) in [6.07, 6.45) is 0. The van der Waals surface area contributed by atoms with Gasteiger partial charge in [0.05, 0.1) is 7.11 Å². The van der Waals surface area contributed by atoms with Gasteiger partial charge >= 0.3 is 0 Å². The van der Waals surface area contributed by atoms with E-state index in [1.165, 1.54) is 7.11 Å². The van der Waals surface area contributed by atoms with Crippen LogP contribution in [0.3, 0.4) is 0 Å². The van der Waals surface area contributed by atoms with Gasteiger partial charge in [-0.3, -0.25) is 4.79 Å². The van der Waals surface area contributed by atoms with Gasteiger partial charge in [-0.25, -0.2) is 0 Å². The highest BCUT2D eigenvalue weighted by molar-refractivity contribution is 6.45. The van der Waals surface area contributed by atoms with Crippen LogP contribution >= 0.6 is 11.6 Å². The van der Waals surface area contributed by atoms with E-state index in [-0.39, 0.29) is 10.8 Å². The molecule has 1 aromatic rings. The fourth-order valence-corrected chi connectivity index (χ4v) is 1.15. The molecule has 0 radical (unpaired) electrons. The van der Waals surface area contributed by atoms with Gasteiger partial charge in [-0.05, 0) is 6.92 Å². The summed E-state index contributed by atoms with van der Waals surface area (Å²) in [4.78, 5) is 11.7. The molecule has 1 aromatic carbocycles. The molecule has 0 aliphatic heterocycles. The Morgan fingerprint density at radius 3 is 2.36 bits per heavy atom. The van der Waals surface area contributed by atoms with E-state index in [9.17, 15) is 4.79 Å². The van der Waals surface area contributed by atoms with Gasteiger partial charge in [-0.2, -0.15) is 0 Å². The molecule has 0 aliphatic carbocycles. The predicted octanol–water partition coefficient (Wildman–Crippen LogP) is 2.99. The second-order valence-electron chi connectivity index (χ2n) is 2.77. The molecular formula is C11H11ClO2. The maximum absolute atomic E-state index is 11.7. The first-order valence-corrected chi connectivity index (χ1v) is 4.54. The van der Waals surface area contributed by atoms with Crippen LogP contribution < -0.4 is 0 Å². The standard InChI is InChI=1S/C11H11ClO2/c1-8(14-2)10(12)11(13)9-6-4-3-5-7-9/h3-7H,1-2H3/b10-8+. The van der Waals surface area contributed by atoms with Crippen LogP contribution in [0.4, 0.5) is 0 Å². The SMILES string of the molecule is CO/C(C)=C(/Cl)C(=O)c1ccccc1. The molecule has 74 valence electrons. The summed E-state index contributed by atoms with van der Waals surface area (Å²) in [6, 6.07) is 8.86. The number of ketones is 1. The van der Waals surface area contributed by atoms with Crippen molar-refractivity contribution in [3.63, 3.8) is 0 Å². The predicted molar refractivity (Wildman–Crippen MR) is 56.3 cm³/mol. The van der Waals surface area contributed by atoms with Crippen molar-refractivity contribution in [1.29, 1.82) is 0 Å². The van der Waals surface area contributed by atoms with E-state index >= 15 is 0 Å². The number of ether oxygens (including phenoxy) is 1. The van der Waals surface area contributed by atoms with Crippen molar-refractivity contribution in [3.8, 4) is 0 Å². The summed E-state index contributed by atoms with van der Waals surface area (Å²) < 4.78 is 4.88. The largest absolute Gasteiger partial charge is 0.500 e. The molecule has 0 fully saturated rings. The van der Waals surface area contributed by atoms with Crippen LogP contribution in [0, 0.1) is 0 Å². The normalized spacial score (nSPS) is 11.9. The quantitative estimate of drug-likeness (QED) is 0.436. The van der Waals surface area contributed by atoms with E-state index in [4.69, 9.17) is 16.3 Å². The van der Waals surface area contributed by atoms with Gasteiger partial charge < -0.3 is 4.74 Å². The van der Waals surface area contributed by atoms with Gasteiger partial charge in [0, 0.05) is 5.56 Å². The van der Waals surface area contributed by atoms with Crippen molar-refractivity contribution in [2.24, 2.45) is 0 Å². The van der Waals surface area contributed by atoms with Crippen molar-refractivity contribution >= 4 is 17.4 Å². The third-order valence-electron chi connectivity index (χ3n) is 1.85. The fourth-order valence-electron chi connectivity index (χ4n) is 0.966. The highest BCUT2D eigenvalue weighted by atomic mass is 35.5. The topological polar surface area (TPSA) is 26.3 Å². The molecule has 2 nitrogen and oxygen atoms in total. The fraction of sp³-hybridized carbons (Fsp3) is 0.182. The van der Waals surface area contributed by atoms with Gasteiger partial charge in [0.2, 0.25) is 5.78 Å². The third-order valence-corrected chi connectivity index (χ3v) is 2.29. The van der Waals surface area contributed by atoms with Crippen LogP contribution in [-0.4, -0.2) is 12.9 Å². The molecule has 0 saturated carbocycles. The van der Waals surface area contributed by atoms with Crippen LogP contribution in [0.2, 0.25) is 0 Å². The van der Waals surface area contributed by atoms with Crippen molar-refractivity contribution in [2.45, 2.75) is 6.92 Å². The van der Waals surface area contributed by atoms with E-state index in [2.05, 4.69) is 0 Å². The molecule has 3 heteroatoms. The van der Waals surface area contributed by atoms with E-state index in [1.807, 2.05) is 6.07 Å². The zero-order valence-electron chi connectivity index (χ0n) is 8.08. The number of allylic oxidation sites excluding steroid dienone is 2. The molecule has 0 N–H and O–H groups in total. The summed E-state index contributed by atoms with van der Waals surface area (Å²) >= 11 is 5.82.